The van der Waals surface area contributed by atoms with Gasteiger partial charge < -0.3 is 0 Å². The Morgan fingerprint density at radius 2 is 0.770 bits per heavy atom. The van der Waals surface area contributed by atoms with Crippen molar-refractivity contribution in [3.8, 4) is 67.5 Å². The number of fused-ring (bicyclic) bond motifs is 7. The number of nitrogens with zero attached hydrogens (tertiary/aromatic N) is 3. The van der Waals surface area contributed by atoms with Crippen LogP contribution in [0.1, 0.15) is 0 Å². The number of rotatable bonds is 6. The molecule has 0 atom stereocenters. The fourth-order valence-electron chi connectivity index (χ4n) is 8.88. The van der Waals surface area contributed by atoms with Gasteiger partial charge in [-0.25, -0.2) is 15.0 Å². The maximum atomic E-state index is 5.34. The fourth-order valence-corrected chi connectivity index (χ4v) is 10.0. The third kappa shape index (κ3) is 6.24. The number of thiophene rings is 1. The van der Waals surface area contributed by atoms with E-state index in [1.165, 1.54) is 64.0 Å². The van der Waals surface area contributed by atoms with Gasteiger partial charge in [0.05, 0.1) is 0 Å². The van der Waals surface area contributed by atoms with E-state index in [9.17, 15) is 0 Å². The van der Waals surface area contributed by atoms with Crippen molar-refractivity contribution >= 4 is 63.8 Å². The summed E-state index contributed by atoms with van der Waals surface area (Å²) in [5.74, 6) is 1.91. The van der Waals surface area contributed by atoms with Crippen molar-refractivity contribution in [2.45, 2.75) is 0 Å². The van der Waals surface area contributed by atoms with Crippen molar-refractivity contribution in [3.63, 3.8) is 0 Å². The quantitative estimate of drug-likeness (QED) is 0.157. The first-order chi connectivity index (χ1) is 30.2. The number of benzene rings is 10. The van der Waals surface area contributed by atoms with Crippen LogP contribution < -0.4 is 0 Å². The minimum atomic E-state index is 0.631. The van der Waals surface area contributed by atoms with Gasteiger partial charge in [0.2, 0.25) is 0 Å². The highest BCUT2D eigenvalue weighted by atomic mass is 32.1. The molecule has 12 aromatic rings. The van der Waals surface area contributed by atoms with Crippen molar-refractivity contribution in [1.82, 2.24) is 15.0 Å². The zero-order chi connectivity index (χ0) is 40.3. The summed E-state index contributed by atoms with van der Waals surface area (Å²) in [5.41, 5.74) is 9.86. The smallest absolute Gasteiger partial charge is 0.164 e. The lowest BCUT2D eigenvalue weighted by Gasteiger charge is -2.15. The highest BCUT2D eigenvalue weighted by molar-refractivity contribution is 7.25. The molecule has 0 aliphatic rings. The van der Waals surface area contributed by atoms with E-state index >= 15 is 0 Å². The molecule has 0 saturated heterocycles. The second-order valence-corrected chi connectivity index (χ2v) is 16.7. The molecule has 2 aromatic heterocycles. The lowest BCUT2D eigenvalue weighted by molar-refractivity contribution is 1.08. The van der Waals surface area contributed by atoms with Crippen LogP contribution in [0.15, 0.2) is 212 Å². The van der Waals surface area contributed by atoms with E-state index in [0.29, 0.717) is 17.5 Å². The first-order valence-electron chi connectivity index (χ1n) is 20.6. The van der Waals surface area contributed by atoms with E-state index in [0.717, 1.165) is 38.6 Å². The van der Waals surface area contributed by atoms with Crippen LogP contribution in [-0.4, -0.2) is 15.0 Å². The van der Waals surface area contributed by atoms with Gasteiger partial charge in [0.1, 0.15) is 0 Å². The highest BCUT2D eigenvalue weighted by Crippen LogP contribution is 2.41. The fraction of sp³-hybridized carbons (Fsp3) is 0. The molecule has 0 aliphatic carbocycles. The average molecular weight is 794 g/mol. The second kappa shape index (κ2) is 14.5. The lowest BCUT2D eigenvalue weighted by atomic mass is 9.91. The minimum absolute atomic E-state index is 0.631. The predicted octanol–water partition coefficient (Wildman–Crippen LogP) is 15.7. The predicted molar refractivity (Wildman–Crippen MR) is 258 cm³/mol. The van der Waals surface area contributed by atoms with Gasteiger partial charge in [0, 0.05) is 36.9 Å². The molecule has 3 nitrogen and oxygen atoms in total. The van der Waals surface area contributed by atoms with Crippen LogP contribution in [0.25, 0.3) is 120 Å². The van der Waals surface area contributed by atoms with Crippen molar-refractivity contribution < 1.29 is 0 Å². The second-order valence-electron chi connectivity index (χ2n) is 15.6. The van der Waals surface area contributed by atoms with E-state index in [4.69, 9.17) is 15.0 Å². The summed E-state index contributed by atoms with van der Waals surface area (Å²) in [6.45, 7) is 0. The molecule has 0 N–H and O–H groups in total. The molecule has 0 amide bonds. The summed E-state index contributed by atoms with van der Waals surface area (Å²) in [4.78, 5) is 15.9. The summed E-state index contributed by atoms with van der Waals surface area (Å²) in [6, 6.07) is 75.9. The van der Waals surface area contributed by atoms with E-state index < -0.39 is 0 Å². The summed E-state index contributed by atoms with van der Waals surface area (Å²) in [7, 11) is 0. The summed E-state index contributed by atoms with van der Waals surface area (Å²) < 4.78 is 2.48. The molecule has 61 heavy (non-hydrogen) atoms. The van der Waals surface area contributed by atoms with E-state index in [-0.39, 0.29) is 0 Å². The molecule has 0 radical (unpaired) electrons. The van der Waals surface area contributed by atoms with Gasteiger partial charge in [-0.3, -0.25) is 0 Å². The maximum Gasteiger partial charge on any atom is 0.164 e. The van der Waals surface area contributed by atoms with E-state index in [2.05, 4.69) is 212 Å². The molecule has 0 spiro atoms. The molecular formula is C57H35N3S. The maximum absolute atomic E-state index is 5.34. The Kier molecular flexibility index (Phi) is 8.36. The van der Waals surface area contributed by atoms with Gasteiger partial charge in [0.15, 0.2) is 17.5 Å². The summed E-state index contributed by atoms with van der Waals surface area (Å²) >= 11 is 1.80. The first-order valence-corrected chi connectivity index (χ1v) is 21.4. The van der Waals surface area contributed by atoms with Crippen molar-refractivity contribution in [3.05, 3.63) is 212 Å². The summed E-state index contributed by atoms with van der Waals surface area (Å²) in [6.07, 6.45) is 0. The molecule has 0 saturated carbocycles. The lowest BCUT2D eigenvalue weighted by Crippen LogP contribution is -2.01. The number of hydrogen-bond donors (Lipinski definition) is 0. The van der Waals surface area contributed by atoms with Crippen molar-refractivity contribution in [2.75, 3.05) is 0 Å². The van der Waals surface area contributed by atoms with Crippen LogP contribution in [0.3, 0.4) is 0 Å². The molecule has 0 unspecified atom stereocenters. The molecule has 4 heteroatoms. The molecule has 284 valence electrons. The van der Waals surface area contributed by atoms with Crippen LogP contribution in [-0.2, 0) is 0 Å². The van der Waals surface area contributed by atoms with Crippen LogP contribution in [0.2, 0.25) is 0 Å². The van der Waals surface area contributed by atoms with Crippen molar-refractivity contribution in [2.24, 2.45) is 0 Å². The Hall–Kier alpha value is -7.79. The Bertz CT molecular complexity index is 3650. The molecule has 0 bridgehead atoms. The Morgan fingerprint density at radius 1 is 0.246 bits per heavy atom. The van der Waals surface area contributed by atoms with Gasteiger partial charge in [-0.1, -0.05) is 176 Å². The number of aromatic nitrogens is 3. The van der Waals surface area contributed by atoms with Crippen LogP contribution in [0, 0.1) is 0 Å². The number of hydrogen-bond acceptors (Lipinski definition) is 4. The van der Waals surface area contributed by atoms with Crippen LogP contribution in [0.5, 0.6) is 0 Å². The largest absolute Gasteiger partial charge is 0.208 e. The standard InChI is InChI=1S/C57H35N3S/c1-3-13-36(14-4-1)40-27-25-37-26-28-41(33-44(37)32-40)39-17-11-18-42(31-39)55-58-56(43-29-30-49-48-21-9-10-24-53(48)61-54(49)34-43)60-57(59-55)50-23-12-22-47-45-19-7-8-20-46(45)51(35-52(47)50)38-15-5-2-6-16-38/h1-35H. The van der Waals surface area contributed by atoms with Gasteiger partial charge in [-0.05, 0) is 102 Å². The average Bonchev–Trinajstić information content (AvgIpc) is 3.72. The SMILES string of the molecule is c1ccc(-c2ccc3ccc(-c4cccc(-c5nc(-c6ccc7c(c6)sc6ccccc67)nc(-c6cccc7c6cc(-c6ccccc6)c6ccccc67)n5)c4)cc3c2)cc1. The molecule has 10 aromatic carbocycles. The Balaban J connectivity index is 1.05. The van der Waals surface area contributed by atoms with Gasteiger partial charge in [-0.2, -0.15) is 0 Å². The van der Waals surface area contributed by atoms with Crippen LogP contribution >= 0.6 is 11.3 Å². The van der Waals surface area contributed by atoms with Gasteiger partial charge in [0.25, 0.3) is 0 Å². The molecule has 0 fully saturated rings. The molecular weight excluding hydrogens is 759 g/mol. The molecule has 12 rings (SSSR count). The first kappa shape index (κ1) is 35.2. The zero-order valence-electron chi connectivity index (χ0n) is 33.0. The third-order valence-electron chi connectivity index (χ3n) is 11.9. The Labute approximate surface area is 356 Å². The molecule has 2 heterocycles. The van der Waals surface area contributed by atoms with Crippen LogP contribution in [0.4, 0.5) is 0 Å². The zero-order valence-corrected chi connectivity index (χ0v) is 33.8. The van der Waals surface area contributed by atoms with E-state index in [1.54, 1.807) is 11.3 Å². The summed E-state index contributed by atoms with van der Waals surface area (Å²) in [5, 5.41) is 9.60. The van der Waals surface area contributed by atoms with Gasteiger partial charge >= 0.3 is 0 Å². The van der Waals surface area contributed by atoms with Crippen molar-refractivity contribution in [1.29, 1.82) is 0 Å². The van der Waals surface area contributed by atoms with E-state index in [1.807, 2.05) is 0 Å². The topological polar surface area (TPSA) is 38.7 Å². The van der Waals surface area contributed by atoms with Gasteiger partial charge in [-0.15, -0.1) is 11.3 Å². The monoisotopic (exact) mass is 793 g/mol. The highest BCUT2D eigenvalue weighted by Gasteiger charge is 2.18. The third-order valence-corrected chi connectivity index (χ3v) is 13.0. The molecule has 0 aliphatic heterocycles. The minimum Gasteiger partial charge on any atom is -0.208 e. The Morgan fingerprint density at radius 3 is 1.56 bits per heavy atom. The normalized spacial score (nSPS) is 11.6.